The minimum Gasteiger partial charge on any atom is -0.489 e. The second kappa shape index (κ2) is 20.7. The van der Waals surface area contributed by atoms with Crippen LogP contribution in [0.3, 0.4) is 0 Å². The van der Waals surface area contributed by atoms with Gasteiger partial charge in [0, 0.05) is 17.5 Å². The molecule has 2 atom stereocenters. The van der Waals surface area contributed by atoms with Crippen LogP contribution < -0.4 is 23.7 Å². The molecule has 9 heteroatoms. The van der Waals surface area contributed by atoms with E-state index in [0.717, 1.165) is 31.4 Å². The highest BCUT2D eigenvalue weighted by Crippen LogP contribution is 2.41. The highest BCUT2D eigenvalue weighted by Gasteiger charge is 2.30. The molecule has 6 rings (SSSR count). The van der Waals surface area contributed by atoms with Gasteiger partial charge in [-0.1, -0.05) is 164 Å². The molecule has 6 aromatic rings. The van der Waals surface area contributed by atoms with Gasteiger partial charge in [-0.3, -0.25) is 0 Å². The summed E-state index contributed by atoms with van der Waals surface area (Å²) in [6.07, 6.45) is -0.907. The quantitative estimate of drug-likeness (QED) is 0.0458. The van der Waals surface area contributed by atoms with Crippen LogP contribution in [0.15, 0.2) is 152 Å². The minimum atomic E-state index is -0.550. The molecule has 0 aliphatic carbocycles. The molecule has 0 bridgehead atoms. The molecule has 0 heterocycles. The van der Waals surface area contributed by atoms with Crippen molar-refractivity contribution >= 4 is 48.3 Å². The van der Waals surface area contributed by atoms with E-state index in [2.05, 4.69) is 83.6 Å². The first-order valence-electron chi connectivity index (χ1n) is 18.5. The maximum absolute atomic E-state index is 7.11. The predicted octanol–water partition coefficient (Wildman–Crippen LogP) is 12.3. The molecule has 0 saturated heterocycles. The van der Waals surface area contributed by atoms with Gasteiger partial charge >= 0.3 is 0 Å². The van der Waals surface area contributed by atoms with Crippen molar-refractivity contribution in [3.8, 4) is 28.7 Å². The minimum absolute atomic E-state index is 0.0396. The van der Waals surface area contributed by atoms with Crippen molar-refractivity contribution in [1.29, 1.82) is 0 Å². The highest BCUT2D eigenvalue weighted by molar-refractivity contribution is 14.1. The Morgan fingerprint density at radius 2 is 0.982 bits per heavy atom. The van der Waals surface area contributed by atoms with Crippen molar-refractivity contribution in [2.24, 2.45) is 0 Å². The largest absolute Gasteiger partial charge is 0.489 e. The van der Waals surface area contributed by atoms with Crippen molar-refractivity contribution < 1.29 is 28.1 Å². The zero-order valence-corrected chi connectivity index (χ0v) is 36.6. The first-order valence-corrected chi connectivity index (χ1v) is 21.6. The van der Waals surface area contributed by atoms with E-state index >= 15 is 0 Å². The number of halogens is 2. The molecule has 288 valence electrons. The molecule has 56 heavy (non-hydrogen) atoms. The summed E-state index contributed by atoms with van der Waals surface area (Å²) < 4.78 is 40.3. The van der Waals surface area contributed by atoms with Crippen molar-refractivity contribution in [2.45, 2.75) is 64.4 Å². The van der Waals surface area contributed by atoms with Crippen LogP contribution in [-0.2, 0) is 30.9 Å². The van der Waals surface area contributed by atoms with Crippen LogP contribution in [0, 0.1) is 3.57 Å². The number of hydrogen-bond acceptors (Lipinski definition) is 6. The van der Waals surface area contributed by atoms with Crippen molar-refractivity contribution in [2.75, 3.05) is 5.33 Å². The standard InChI is InChI=1S/C47H46BrIO6Si/c1-47(2,3)56-55-44(29-48)46(38-24-25-40(51-31-35-18-10-5-11-19-35)41(26-38)52-32-36-20-12-6-13-21-36)54-43-28-39(50-30-34-16-8-4-9-17-34)27-42(45(43)49)53-33-37-22-14-7-15-23-37/h4-28,44,46H,29-33H2,1-3H3/t44-,46+/m0/s1. The first kappa shape index (κ1) is 41.3. The number of hydrogen-bond donors (Lipinski definition) is 0. The van der Waals surface area contributed by atoms with E-state index in [1.165, 1.54) is 0 Å². The van der Waals surface area contributed by atoms with Gasteiger partial charge in [-0.05, 0) is 67.6 Å². The summed E-state index contributed by atoms with van der Waals surface area (Å²) in [7, 11) is 0.231. The summed E-state index contributed by atoms with van der Waals surface area (Å²) in [6.45, 7) is 8.10. The molecule has 0 aliphatic rings. The molecule has 0 spiro atoms. The normalized spacial score (nSPS) is 12.4. The molecular formula is C47H46BrIO6Si. The second-order valence-corrected chi connectivity index (χ2v) is 17.9. The van der Waals surface area contributed by atoms with Crippen LogP contribution in [0.4, 0.5) is 0 Å². The fourth-order valence-electron chi connectivity index (χ4n) is 5.62. The van der Waals surface area contributed by atoms with Crippen molar-refractivity contribution in [1.82, 2.24) is 0 Å². The lowest BCUT2D eigenvalue weighted by atomic mass is 10.0. The molecule has 0 saturated carbocycles. The Bertz CT molecular complexity index is 2080. The Labute approximate surface area is 355 Å². The number of rotatable bonds is 19. The molecular weight excluding hydrogens is 895 g/mol. The van der Waals surface area contributed by atoms with Gasteiger partial charge in [-0.25, -0.2) is 0 Å². The van der Waals surface area contributed by atoms with E-state index in [1.807, 2.05) is 127 Å². The summed E-state index contributed by atoms with van der Waals surface area (Å²) in [5.74, 6) is 3.18. The van der Waals surface area contributed by atoms with E-state index in [1.54, 1.807) is 0 Å². The zero-order valence-electron chi connectivity index (χ0n) is 31.8. The summed E-state index contributed by atoms with van der Waals surface area (Å²) in [5, 5.41) is 0.494. The summed E-state index contributed by atoms with van der Waals surface area (Å²) in [5.41, 5.74) is 5.12. The smallest absolute Gasteiger partial charge is 0.236 e. The highest BCUT2D eigenvalue weighted by atomic mass is 127. The summed E-state index contributed by atoms with van der Waals surface area (Å²) in [4.78, 5) is 0. The van der Waals surface area contributed by atoms with E-state index in [4.69, 9.17) is 28.1 Å². The van der Waals surface area contributed by atoms with E-state index in [0.29, 0.717) is 60.5 Å². The third kappa shape index (κ3) is 12.6. The Balaban J connectivity index is 1.37. The lowest BCUT2D eigenvalue weighted by Crippen LogP contribution is -2.32. The van der Waals surface area contributed by atoms with E-state index < -0.39 is 6.10 Å². The molecule has 6 aromatic carbocycles. The Morgan fingerprint density at radius 3 is 1.46 bits per heavy atom. The van der Waals surface area contributed by atoms with Gasteiger partial charge < -0.3 is 28.1 Å². The lowest BCUT2D eigenvalue weighted by Gasteiger charge is -2.30. The topological polar surface area (TPSA) is 55.4 Å². The van der Waals surface area contributed by atoms with Gasteiger partial charge in [-0.15, -0.1) is 0 Å². The van der Waals surface area contributed by atoms with Crippen LogP contribution in [0.1, 0.15) is 54.7 Å². The summed E-state index contributed by atoms with van der Waals surface area (Å²) >= 11 is 6.09. The zero-order chi connectivity index (χ0) is 39.2. The monoisotopic (exact) mass is 940 g/mol. The van der Waals surface area contributed by atoms with Gasteiger partial charge in [0.05, 0.1) is 9.67 Å². The van der Waals surface area contributed by atoms with Crippen LogP contribution in [0.25, 0.3) is 0 Å². The summed E-state index contributed by atoms with van der Waals surface area (Å²) in [6, 6.07) is 50.4. The fourth-order valence-corrected chi connectivity index (χ4v) is 7.65. The molecule has 0 N–H and O–H groups in total. The van der Waals surface area contributed by atoms with Gasteiger partial charge in [0.25, 0.3) is 0 Å². The average molecular weight is 942 g/mol. The molecule has 0 aliphatic heterocycles. The van der Waals surface area contributed by atoms with Gasteiger partial charge in [-0.2, -0.15) is 0 Å². The average Bonchev–Trinajstić information content (AvgIpc) is 3.22. The van der Waals surface area contributed by atoms with Crippen LogP contribution in [0.2, 0.25) is 5.04 Å². The van der Waals surface area contributed by atoms with E-state index in [-0.39, 0.29) is 20.9 Å². The Kier molecular flexibility index (Phi) is 15.3. The molecule has 0 aromatic heterocycles. The van der Waals surface area contributed by atoms with Crippen molar-refractivity contribution in [3.05, 3.63) is 183 Å². The SMILES string of the molecule is CC(C)(C)[Si]O[C@@H](CBr)[C@H](Oc1cc(OCc2ccccc2)cc(OCc2ccccc2)c1I)c1ccc(OCc2ccccc2)c(OCc2ccccc2)c1. The third-order valence-corrected chi connectivity index (χ3v) is 11.2. The maximum Gasteiger partial charge on any atom is 0.236 e. The van der Waals surface area contributed by atoms with Crippen molar-refractivity contribution in [3.63, 3.8) is 0 Å². The van der Waals surface area contributed by atoms with Crippen LogP contribution >= 0.6 is 38.5 Å². The molecule has 0 amide bonds. The molecule has 6 nitrogen and oxygen atoms in total. The van der Waals surface area contributed by atoms with Gasteiger partial charge in [0.1, 0.15) is 49.8 Å². The third-order valence-electron chi connectivity index (χ3n) is 8.50. The number of benzene rings is 6. The van der Waals surface area contributed by atoms with Crippen LogP contribution in [0.5, 0.6) is 28.7 Å². The Hall–Kier alpha value is -4.29. The number of ether oxygens (including phenoxy) is 5. The number of alkyl halides is 1. The molecule has 2 radical (unpaired) electrons. The second-order valence-electron chi connectivity index (χ2n) is 14.2. The molecule has 0 fully saturated rings. The van der Waals surface area contributed by atoms with Gasteiger partial charge in [0.2, 0.25) is 9.76 Å². The maximum atomic E-state index is 7.11. The van der Waals surface area contributed by atoms with Gasteiger partial charge in [0.15, 0.2) is 11.5 Å². The van der Waals surface area contributed by atoms with Crippen LogP contribution in [-0.4, -0.2) is 21.2 Å². The molecule has 0 unspecified atom stereocenters. The fraction of sp³-hybridized carbons (Fsp3) is 0.234. The lowest BCUT2D eigenvalue weighted by molar-refractivity contribution is 0.0674. The predicted molar refractivity (Wildman–Crippen MR) is 236 cm³/mol. The Morgan fingerprint density at radius 1 is 0.536 bits per heavy atom. The first-order chi connectivity index (χ1) is 27.2. The van der Waals surface area contributed by atoms with E-state index in [9.17, 15) is 0 Å².